The van der Waals surface area contributed by atoms with Gasteiger partial charge in [-0.2, -0.15) is 0 Å². The van der Waals surface area contributed by atoms with Crippen molar-refractivity contribution in [2.24, 2.45) is 0 Å². The van der Waals surface area contributed by atoms with Crippen LogP contribution >= 0.6 is 0 Å². The van der Waals surface area contributed by atoms with Crippen LogP contribution in [0.3, 0.4) is 0 Å². The van der Waals surface area contributed by atoms with Crippen molar-refractivity contribution in [1.29, 1.82) is 0 Å². The van der Waals surface area contributed by atoms with E-state index in [1.165, 1.54) is 0 Å². The average molecular weight is 351 g/mol. The number of ether oxygens (including phenoxy) is 1. The van der Waals surface area contributed by atoms with Crippen molar-refractivity contribution in [3.05, 3.63) is 65.7 Å². The summed E-state index contributed by atoms with van der Waals surface area (Å²) >= 11 is 0. The van der Waals surface area contributed by atoms with E-state index in [0.29, 0.717) is 12.2 Å². The molecule has 1 aliphatic rings. The number of carbonyl (C=O) groups is 1. The van der Waals surface area contributed by atoms with Crippen LogP contribution in [0.2, 0.25) is 0 Å². The number of carbonyl (C=O) groups excluding carboxylic acids is 1. The first kappa shape index (κ1) is 18.2. The van der Waals surface area contributed by atoms with E-state index in [1.54, 1.807) is 6.08 Å². The number of aliphatic hydroxyl groups is 1. The maximum Gasteiger partial charge on any atom is 0.185 e. The van der Waals surface area contributed by atoms with Crippen molar-refractivity contribution in [2.75, 3.05) is 24.6 Å². The molecule has 1 fully saturated rings. The molecule has 4 heteroatoms. The lowest BCUT2D eigenvalue weighted by Crippen LogP contribution is -2.35. The highest BCUT2D eigenvalue weighted by atomic mass is 16.5. The molecule has 1 aliphatic heterocycles. The molecule has 0 aliphatic carbocycles. The summed E-state index contributed by atoms with van der Waals surface area (Å²) in [6.45, 7) is 4.30. The summed E-state index contributed by atoms with van der Waals surface area (Å²) in [5.41, 5.74) is 2.74. The van der Waals surface area contributed by atoms with Gasteiger partial charge in [0.1, 0.15) is 5.75 Å². The number of piperidine rings is 1. The lowest BCUT2D eigenvalue weighted by atomic mass is 10.1. The van der Waals surface area contributed by atoms with Crippen LogP contribution in [0, 0.1) is 0 Å². The number of aliphatic hydroxyl groups excluding tert-OH is 1. The summed E-state index contributed by atoms with van der Waals surface area (Å²) in [6, 6.07) is 15.4. The Kier molecular flexibility index (Phi) is 6.08. The van der Waals surface area contributed by atoms with Gasteiger partial charge >= 0.3 is 0 Å². The van der Waals surface area contributed by atoms with E-state index in [-0.39, 0.29) is 11.9 Å². The smallest absolute Gasteiger partial charge is 0.185 e. The summed E-state index contributed by atoms with van der Waals surface area (Å²) in [7, 11) is 0. The van der Waals surface area contributed by atoms with Crippen LogP contribution < -0.4 is 9.64 Å². The minimum atomic E-state index is -0.181. The molecule has 0 saturated carbocycles. The van der Waals surface area contributed by atoms with Gasteiger partial charge in [-0.25, -0.2) is 0 Å². The van der Waals surface area contributed by atoms with E-state index in [2.05, 4.69) is 4.90 Å². The zero-order valence-electron chi connectivity index (χ0n) is 15.1. The normalized spacial score (nSPS) is 15.4. The second-order valence-corrected chi connectivity index (χ2v) is 6.46. The fraction of sp³-hybridized carbons (Fsp3) is 0.318. The second-order valence-electron chi connectivity index (χ2n) is 6.46. The second kappa shape index (κ2) is 8.68. The zero-order chi connectivity index (χ0) is 18.4. The molecule has 0 spiro atoms. The minimum absolute atomic E-state index is 0.0144. The Labute approximate surface area is 154 Å². The third-order valence-electron chi connectivity index (χ3n) is 4.60. The Morgan fingerprint density at radius 1 is 1.12 bits per heavy atom. The summed E-state index contributed by atoms with van der Waals surface area (Å²) in [6.07, 6.45) is 4.83. The molecule has 1 N–H and O–H groups in total. The first-order chi connectivity index (χ1) is 12.7. The number of anilines is 1. The molecule has 0 amide bonds. The Morgan fingerprint density at radius 3 is 2.38 bits per heavy atom. The number of allylic oxidation sites excluding steroid dienone is 1. The van der Waals surface area contributed by atoms with E-state index in [9.17, 15) is 9.90 Å². The summed E-state index contributed by atoms with van der Waals surface area (Å²) in [5.74, 6) is 0.816. The van der Waals surface area contributed by atoms with Gasteiger partial charge in [0.25, 0.3) is 0 Å². The monoisotopic (exact) mass is 351 g/mol. The number of benzene rings is 2. The van der Waals surface area contributed by atoms with E-state index < -0.39 is 0 Å². The molecule has 2 aromatic carbocycles. The molecule has 0 atom stereocenters. The maximum atomic E-state index is 12.4. The molecule has 1 saturated heterocycles. The lowest BCUT2D eigenvalue weighted by molar-refractivity contribution is 0.104. The quantitative estimate of drug-likeness (QED) is 0.633. The number of rotatable bonds is 6. The van der Waals surface area contributed by atoms with E-state index in [4.69, 9.17) is 4.74 Å². The van der Waals surface area contributed by atoms with Crippen LogP contribution in [0.1, 0.15) is 35.7 Å². The molecule has 136 valence electrons. The van der Waals surface area contributed by atoms with Gasteiger partial charge in [-0.05, 0) is 67.8 Å². The van der Waals surface area contributed by atoms with Gasteiger partial charge < -0.3 is 14.7 Å². The van der Waals surface area contributed by atoms with Crippen LogP contribution in [0.25, 0.3) is 6.08 Å². The molecule has 2 aromatic rings. The van der Waals surface area contributed by atoms with E-state index in [0.717, 1.165) is 42.9 Å². The third kappa shape index (κ3) is 4.73. The van der Waals surface area contributed by atoms with Crippen molar-refractivity contribution in [3.8, 4) is 5.75 Å². The maximum absolute atomic E-state index is 12.4. The van der Waals surface area contributed by atoms with E-state index >= 15 is 0 Å². The van der Waals surface area contributed by atoms with Crippen molar-refractivity contribution < 1.29 is 14.6 Å². The highest BCUT2D eigenvalue weighted by Gasteiger charge is 2.17. The Hall–Kier alpha value is -2.59. The summed E-state index contributed by atoms with van der Waals surface area (Å²) in [4.78, 5) is 14.6. The predicted molar refractivity (Wildman–Crippen MR) is 105 cm³/mol. The highest BCUT2D eigenvalue weighted by molar-refractivity contribution is 6.07. The van der Waals surface area contributed by atoms with Gasteiger partial charge in [-0.3, -0.25) is 4.79 Å². The predicted octanol–water partition coefficient (Wildman–Crippen LogP) is 3.94. The van der Waals surface area contributed by atoms with Gasteiger partial charge in [0.05, 0.1) is 12.7 Å². The minimum Gasteiger partial charge on any atom is -0.494 e. The SMILES string of the molecule is CCOc1ccc(C=CC(=O)c2ccc(N3CCC(O)CC3)cc2)cc1. The molecular formula is C22H25NO3. The van der Waals surface area contributed by atoms with Crippen LogP contribution in [-0.4, -0.2) is 36.7 Å². The molecule has 0 unspecified atom stereocenters. The molecular weight excluding hydrogens is 326 g/mol. The fourth-order valence-electron chi connectivity index (χ4n) is 3.07. The Bertz CT molecular complexity index is 742. The molecule has 3 rings (SSSR count). The largest absolute Gasteiger partial charge is 0.494 e. The van der Waals surface area contributed by atoms with Gasteiger partial charge in [0, 0.05) is 24.3 Å². The number of ketones is 1. The number of hydrogen-bond acceptors (Lipinski definition) is 4. The zero-order valence-corrected chi connectivity index (χ0v) is 15.1. The van der Waals surface area contributed by atoms with Gasteiger partial charge in [0.2, 0.25) is 0 Å². The van der Waals surface area contributed by atoms with Crippen LogP contribution in [0.15, 0.2) is 54.6 Å². The molecule has 26 heavy (non-hydrogen) atoms. The van der Waals surface area contributed by atoms with Gasteiger partial charge in [0.15, 0.2) is 5.78 Å². The Balaban J connectivity index is 1.60. The van der Waals surface area contributed by atoms with Crippen LogP contribution in [-0.2, 0) is 0 Å². The number of hydrogen-bond donors (Lipinski definition) is 1. The number of nitrogens with zero attached hydrogens (tertiary/aromatic N) is 1. The fourth-order valence-corrected chi connectivity index (χ4v) is 3.07. The third-order valence-corrected chi connectivity index (χ3v) is 4.60. The van der Waals surface area contributed by atoms with E-state index in [1.807, 2.05) is 61.5 Å². The average Bonchev–Trinajstić information content (AvgIpc) is 2.68. The molecule has 0 radical (unpaired) electrons. The molecule has 4 nitrogen and oxygen atoms in total. The van der Waals surface area contributed by atoms with Crippen molar-refractivity contribution in [3.63, 3.8) is 0 Å². The van der Waals surface area contributed by atoms with Crippen LogP contribution in [0.5, 0.6) is 5.75 Å². The van der Waals surface area contributed by atoms with Crippen molar-refractivity contribution in [1.82, 2.24) is 0 Å². The lowest BCUT2D eigenvalue weighted by Gasteiger charge is -2.31. The summed E-state index contributed by atoms with van der Waals surface area (Å²) in [5, 5.41) is 9.60. The first-order valence-corrected chi connectivity index (χ1v) is 9.14. The van der Waals surface area contributed by atoms with Gasteiger partial charge in [-0.15, -0.1) is 0 Å². The standard InChI is InChI=1S/C22H25NO3/c1-2-26-21-10-3-17(4-11-21)5-12-22(25)18-6-8-19(9-7-18)23-15-13-20(24)14-16-23/h3-12,20,24H,2,13-16H2,1H3. The molecule has 0 bridgehead atoms. The van der Waals surface area contributed by atoms with Crippen LogP contribution in [0.4, 0.5) is 5.69 Å². The topological polar surface area (TPSA) is 49.8 Å². The highest BCUT2D eigenvalue weighted by Crippen LogP contribution is 2.21. The Morgan fingerprint density at radius 2 is 1.77 bits per heavy atom. The molecule has 0 aromatic heterocycles. The van der Waals surface area contributed by atoms with Crippen molar-refractivity contribution in [2.45, 2.75) is 25.9 Å². The van der Waals surface area contributed by atoms with Gasteiger partial charge in [-0.1, -0.05) is 18.2 Å². The molecule has 1 heterocycles. The first-order valence-electron chi connectivity index (χ1n) is 9.14. The summed E-state index contributed by atoms with van der Waals surface area (Å²) < 4.78 is 5.41. The van der Waals surface area contributed by atoms with Crippen molar-refractivity contribution >= 4 is 17.5 Å².